The number of hydrogen-bond acceptors (Lipinski definition) is 2. The van der Waals surface area contributed by atoms with Crippen molar-refractivity contribution < 1.29 is 4.74 Å². The van der Waals surface area contributed by atoms with E-state index in [-0.39, 0.29) is 6.10 Å². The molecular weight excluding hydrogens is 210 g/mol. The molecule has 0 fully saturated rings. The minimum atomic E-state index is 0.271. The highest BCUT2D eigenvalue weighted by atomic mass is 16.5. The van der Waals surface area contributed by atoms with Gasteiger partial charge in [-0.2, -0.15) is 0 Å². The fourth-order valence-corrected chi connectivity index (χ4v) is 2.02. The third-order valence-corrected chi connectivity index (χ3v) is 3.06. The third kappa shape index (κ3) is 4.49. The number of nitrogens with one attached hydrogen (secondary N) is 1. The summed E-state index contributed by atoms with van der Waals surface area (Å²) >= 11 is 0. The fraction of sp³-hybridized carbons (Fsp3) is 0.600. The molecule has 2 atom stereocenters. The number of benzene rings is 1. The highest BCUT2D eigenvalue weighted by Crippen LogP contribution is 2.18. The maximum Gasteiger partial charge on any atom is 0.0671 e. The molecule has 0 aliphatic heterocycles. The minimum Gasteiger partial charge on any atom is -0.377 e. The first kappa shape index (κ1) is 14.2. The fourth-order valence-electron chi connectivity index (χ4n) is 2.02. The van der Waals surface area contributed by atoms with Crippen LogP contribution < -0.4 is 5.32 Å². The van der Waals surface area contributed by atoms with Crippen LogP contribution in [0.3, 0.4) is 0 Å². The Labute approximate surface area is 105 Å². The molecule has 96 valence electrons. The van der Waals surface area contributed by atoms with Gasteiger partial charge in [0, 0.05) is 19.2 Å². The zero-order valence-electron chi connectivity index (χ0n) is 11.7. The van der Waals surface area contributed by atoms with E-state index in [0.717, 1.165) is 13.2 Å². The van der Waals surface area contributed by atoms with Gasteiger partial charge in [0.25, 0.3) is 0 Å². The molecule has 0 saturated carbocycles. The first-order valence-electron chi connectivity index (χ1n) is 6.46. The van der Waals surface area contributed by atoms with Crippen molar-refractivity contribution in [1.82, 2.24) is 5.32 Å². The van der Waals surface area contributed by atoms with E-state index in [1.54, 1.807) is 0 Å². The van der Waals surface area contributed by atoms with Crippen LogP contribution >= 0.6 is 0 Å². The van der Waals surface area contributed by atoms with Crippen LogP contribution in [0.1, 0.15) is 43.5 Å². The molecule has 2 unspecified atom stereocenters. The first-order chi connectivity index (χ1) is 8.04. The lowest BCUT2D eigenvalue weighted by molar-refractivity contribution is 0.0743. The van der Waals surface area contributed by atoms with E-state index in [1.165, 1.54) is 16.7 Å². The van der Waals surface area contributed by atoms with Gasteiger partial charge in [-0.25, -0.2) is 0 Å². The summed E-state index contributed by atoms with van der Waals surface area (Å²) in [7, 11) is 0. The predicted octanol–water partition coefficient (Wildman–Crippen LogP) is 3.38. The van der Waals surface area contributed by atoms with E-state index in [0.29, 0.717) is 6.04 Å². The standard InChI is InChI=1S/C15H25NO/c1-6-17-13(4)10-16-14(5)15-9-11(2)7-8-12(15)3/h7-9,13-14,16H,6,10H2,1-5H3. The number of hydrogen-bond donors (Lipinski definition) is 1. The maximum absolute atomic E-state index is 5.52. The van der Waals surface area contributed by atoms with Gasteiger partial charge in [0.2, 0.25) is 0 Å². The molecule has 17 heavy (non-hydrogen) atoms. The Kier molecular flexibility index (Phi) is 5.66. The largest absolute Gasteiger partial charge is 0.377 e. The Balaban J connectivity index is 2.57. The Bertz CT molecular complexity index is 349. The Morgan fingerprint density at radius 2 is 1.94 bits per heavy atom. The summed E-state index contributed by atoms with van der Waals surface area (Å²) in [6.45, 7) is 12.3. The molecule has 1 N–H and O–H groups in total. The van der Waals surface area contributed by atoms with Gasteiger partial charge in [0.05, 0.1) is 6.10 Å². The average Bonchev–Trinajstić information content (AvgIpc) is 2.29. The second-order valence-electron chi connectivity index (χ2n) is 4.76. The summed E-state index contributed by atoms with van der Waals surface area (Å²) in [5, 5.41) is 3.53. The molecule has 0 heterocycles. The van der Waals surface area contributed by atoms with Crippen molar-refractivity contribution in [3.8, 4) is 0 Å². The van der Waals surface area contributed by atoms with Gasteiger partial charge in [-0.05, 0) is 45.7 Å². The molecule has 2 heteroatoms. The second kappa shape index (κ2) is 6.77. The van der Waals surface area contributed by atoms with Crippen molar-refractivity contribution in [2.24, 2.45) is 0 Å². The summed E-state index contributed by atoms with van der Waals surface area (Å²) in [4.78, 5) is 0. The van der Waals surface area contributed by atoms with Gasteiger partial charge in [0.1, 0.15) is 0 Å². The Morgan fingerprint density at radius 3 is 2.59 bits per heavy atom. The molecule has 0 radical (unpaired) electrons. The normalized spacial score (nSPS) is 14.6. The lowest BCUT2D eigenvalue weighted by Crippen LogP contribution is -2.29. The molecule has 0 aliphatic rings. The summed E-state index contributed by atoms with van der Waals surface area (Å²) in [6.07, 6.45) is 0.271. The highest BCUT2D eigenvalue weighted by molar-refractivity contribution is 5.32. The molecule has 0 amide bonds. The van der Waals surface area contributed by atoms with Gasteiger partial charge in [0.15, 0.2) is 0 Å². The second-order valence-corrected chi connectivity index (χ2v) is 4.76. The number of rotatable bonds is 6. The first-order valence-corrected chi connectivity index (χ1v) is 6.46. The van der Waals surface area contributed by atoms with E-state index in [9.17, 15) is 0 Å². The van der Waals surface area contributed by atoms with Gasteiger partial charge < -0.3 is 10.1 Å². The average molecular weight is 235 g/mol. The molecule has 1 aromatic rings. The van der Waals surface area contributed by atoms with E-state index >= 15 is 0 Å². The molecule has 0 saturated heterocycles. The summed E-state index contributed by atoms with van der Waals surface area (Å²) in [5.74, 6) is 0. The third-order valence-electron chi connectivity index (χ3n) is 3.06. The summed E-state index contributed by atoms with van der Waals surface area (Å²) < 4.78 is 5.52. The van der Waals surface area contributed by atoms with Crippen LogP contribution in [-0.2, 0) is 4.74 Å². The van der Waals surface area contributed by atoms with Crippen molar-refractivity contribution in [2.45, 2.75) is 46.8 Å². The topological polar surface area (TPSA) is 21.3 Å². The van der Waals surface area contributed by atoms with Crippen molar-refractivity contribution in [3.05, 3.63) is 34.9 Å². The highest BCUT2D eigenvalue weighted by Gasteiger charge is 2.09. The molecule has 1 rings (SSSR count). The molecule has 0 bridgehead atoms. The van der Waals surface area contributed by atoms with Crippen LogP contribution in [-0.4, -0.2) is 19.3 Å². The Hall–Kier alpha value is -0.860. The molecule has 2 nitrogen and oxygen atoms in total. The SMILES string of the molecule is CCOC(C)CNC(C)c1cc(C)ccc1C. The van der Waals surface area contributed by atoms with Gasteiger partial charge in [-0.3, -0.25) is 0 Å². The quantitative estimate of drug-likeness (QED) is 0.816. The van der Waals surface area contributed by atoms with Crippen molar-refractivity contribution in [1.29, 1.82) is 0 Å². The van der Waals surface area contributed by atoms with Crippen LogP contribution in [0.4, 0.5) is 0 Å². The van der Waals surface area contributed by atoms with Crippen LogP contribution in [0.25, 0.3) is 0 Å². The summed E-state index contributed by atoms with van der Waals surface area (Å²) in [6, 6.07) is 6.99. The van der Waals surface area contributed by atoms with Crippen molar-refractivity contribution in [2.75, 3.05) is 13.2 Å². The molecular formula is C15H25NO. The summed E-state index contributed by atoms with van der Waals surface area (Å²) in [5.41, 5.74) is 4.05. The van der Waals surface area contributed by atoms with Gasteiger partial charge in [-0.15, -0.1) is 0 Å². The van der Waals surface area contributed by atoms with Crippen LogP contribution in [0.15, 0.2) is 18.2 Å². The van der Waals surface area contributed by atoms with E-state index in [4.69, 9.17) is 4.74 Å². The van der Waals surface area contributed by atoms with Gasteiger partial charge >= 0.3 is 0 Å². The van der Waals surface area contributed by atoms with Crippen LogP contribution in [0.5, 0.6) is 0 Å². The van der Waals surface area contributed by atoms with Gasteiger partial charge in [-0.1, -0.05) is 23.8 Å². The maximum atomic E-state index is 5.52. The molecule has 1 aromatic carbocycles. The Morgan fingerprint density at radius 1 is 1.24 bits per heavy atom. The van der Waals surface area contributed by atoms with Crippen LogP contribution in [0, 0.1) is 13.8 Å². The monoisotopic (exact) mass is 235 g/mol. The molecule has 0 aliphatic carbocycles. The molecule has 0 aromatic heterocycles. The smallest absolute Gasteiger partial charge is 0.0671 e. The predicted molar refractivity (Wildman–Crippen MR) is 73.4 cm³/mol. The van der Waals surface area contributed by atoms with Crippen molar-refractivity contribution >= 4 is 0 Å². The van der Waals surface area contributed by atoms with E-state index in [1.807, 2.05) is 6.92 Å². The lowest BCUT2D eigenvalue weighted by Gasteiger charge is -2.20. The minimum absolute atomic E-state index is 0.271. The zero-order chi connectivity index (χ0) is 12.8. The number of aryl methyl sites for hydroxylation is 2. The lowest BCUT2D eigenvalue weighted by atomic mass is 10.00. The number of ether oxygens (including phenoxy) is 1. The zero-order valence-corrected chi connectivity index (χ0v) is 11.7. The van der Waals surface area contributed by atoms with E-state index < -0.39 is 0 Å². The molecule has 0 spiro atoms. The van der Waals surface area contributed by atoms with Crippen molar-refractivity contribution in [3.63, 3.8) is 0 Å². The van der Waals surface area contributed by atoms with E-state index in [2.05, 4.69) is 51.2 Å². The van der Waals surface area contributed by atoms with Crippen LogP contribution in [0.2, 0.25) is 0 Å².